The number of hydrogen-bond donors (Lipinski definition) is 3. The Morgan fingerprint density at radius 3 is 2.12 bits per heavy atom. The van der Waals surface area contributed by atoms with Gasteiger partial charge in [0.15, 0.2) is 6.04 Å². The Balaban J connectivity index is 2.16. The predicted octanol–water partition coefficient (Wildman–Crippen LogP) is 2.45. The summed E-state index contributed by atoms with van der Waals surface area (Å²) in [7, 11) is 0. The third kappa shape index (κ3) is 5.70. The molecule has 5 heteroatoms. The molecule has 2 atom stereocenters. The van der Waals surface area contributed by atoms with E-state index in [0.29, 0.717) is 5.92 Å². The summed E-state index contributed by atoms with van der Waals surface area (Å²) in [5, 5.41) is 4.15. The van der Waals surface area contributed by atoms with Crippen molar-refractivity contribution in [2.75, 3.05) is 0 Å². The minimum atomic E-state index is -0.838. The summed E-state index contributed by atoms with van der Waals surface area (Å²) < 4.78 is 0. The van der Waals surface area contributed by atoms with Crippen molar-refractivity contribution in [1.82, 2.24) is 5.32 Å². The molecule has 0 saturated carbocycles. The molecular formula is C21H28N3O2+. The van der Waals surface area contributed by atoms with Crippen molar-refractivity contribution in [3.8, 4) is 0 Å². The van der Waals surface area contributed by atoms with Crippen molar-refractivity contribution in [1.29, 1.82) is 0 Å². The van der Waals surface area contributed by atoms with Gasteiger partial charge in [-0.25, -0.2) is 4.79 Å². The molecule has 0 aliphatic carbocycles. The summed E-state index contributed by atoms with van der Waals surface area (Å²) in [6.45, 7) is 6.45. The lowest BCUT2D eigenvalue weighted by atomic mass is 9.98. The lowest BCUT2D eigenvalue weighted by Crippen LogP contribution is -2.88. The first kappa shape index (κ1) is 19.7. The van der Waals surface area contributed by atoms with Gasteiger partial charge in [-0.3, -0.25) is 10.1 Å². The average Bonchev–Trinajstić information content (AvgIpc) is 2.59. The lowest BCUT2D eigenvalue weighted by molar-refractivity contribution is -0.719. The van der Waals surface area contributed by atoms with Gasteiger partial charge in [0.1, 0.15) is 6.04 Å². The molecule has 0 bridgehead atoms. The second-order valence-corrected chi connectivity index (χ2v) is 7.06. The molecule has 0 spiro atoms. The van der Waals surface area contributed by atoms with Gasteiger partial charge in [-0.2, -0.15) is 0 Å². The van der Waals surface area contributed by atoms with Gasteiger partial charge >= 0.3 is 6.03 Å². The van der Waals surface area contributed by atoms with Crippen molar-refractivity contribution in [2.24, 2.45) is 11.7 Å². The zero-order valence-electron chi connectivity index (χ0n) is 15.6. The molecule has 2 aromatic carbocycles. The smallest absolute Gasteiger partial charge is 0.319 e. The largest absolute Gasteiger partial charge is 0.351 e. The van der Waals surface area contributed by atoms with Gasteiger partial charge < -0.3 is 11.1 Å². The molecule has 0 radical (unpaired) electrons. The van der Waals surface area contributed by atoms with Crippen LogP contribution in [-0.2, 0) is 11.2 Å². The van der Waals surface area contributed by atoms with Gasteiger partial charge in [-0.15, -0.1) is 0 Å². The summed E-state index contributed by atoms with van der Waals surface area (Å²) >= 11 is 0. The van der Waals surface area contributed by atoms with E-state index in [-0.39, 0.29) is 6.04 Å². The van der Waals surface area contributed by atoms with E-state index in [2.05, 4.69) is 43.4 Å². The van der Waals surface area contributed by atoms with Gasteiger partial charge in [0.2, 0.25) is 0 Å². The van der Waals surface area contributed by atoms with E-state index in [1.165, 1.54) is 5.56 Å². The molecule has 0 unspecified atom stereocenters. The van der Waals surface area contributed by atoms with Crippen LogP contribution in [0.25, 0.3) is 0 Å². The number of primary amides is 1. The van der Waals surface area contributed by atoms with Crippen molar-refractivity contribution in [2.45, 2.75) is 39.3 Å². The minimum absolute atomic E-state index is 0.0481. The SMILES string of the molecule is CC(C)Cc1ccc([C@H](C)[NH2+][C@H](C(=O)NC(N)=O)c2ccccc2)cc1. The molecule has 0 fully saturated rings. The molecule has 2 rings (SSSR count). The molecule has 26 heavy (non-hydrogen) atoms. The number of nitrogens with one attached hydrogen (secondary N) is 1. The summed E-state index contributed by atoms with van der Waals surface area (Å²) in [5.74, 6) is 0.205. The van der Waals surface area contributed by atoms with Crippen molar-refractivity contribution in [3.05, 3.63) is 71.3 Å². The highest BCUT2D eigenvalue weighted by atomic mass is 16.2. The summed E-state index contributed by atoms with van der Waals surface area (Å²) in [6.07, 6.45) is 1.05. The maximum Gasteiger partial charge on any atom is 0.319 e. The van der Waals surface area contributed by atoms with E-state index in [1.54, 1.807) is 0 Å². The minimum Gasteiger partial charge on any atom is -0.351 e. The first-order valence-electron chi connectivity index (χ1n) is 8.96. The fraction of sp³-hybridized carbons (Fsp3) is 0.333. The highest BCUT2D eigenvalue weighted by Gasteiger charge is 2.27. The third-order valence-electron chi connectivity index (χ3n) is 4.32. The molecule has 5 N–H and O–H groups in total. The molecular weight excluding hydrogens is 326 g/mol. The molecule has 0 aromatic heterocycles. The van der Waals surface area contributed by atoms with E-state index in [4.69, 9.17) is 5.73 Å². The highest BCUT2D eigenvalue weighted by molar-refractivity contribution is 5.96. The molecule has 0 saturated heterocycles. The van der Waals surface area contributed by atoms with Crippen LogP contribution in [0.15, 0.2) is 54.6 Å². The standard InChI is InChI=1S/C21H27N3O2/c1-14(2)13-16-9-11-17(12-10-16)15(3)23-19(20(25)24-21(22)26)18-7-5-4-6-8-18/h4-12,14-15,19,23H,13H2,1-3H3,(H3,22,24,25,26)/p+1/t15-,19-/m0/s1. The number of nitrogens with two attached hydrogens (primary N) is 2. The number of quaternary nitrogens is 1. The maximum absolute atomic E-state index is 12.5. The van der Waals surface area contributed by atoms with E-state index in [9.17, 15) is 9.59 Å². The molecule has 3 amide bonds. The second kappa shape index (κ2) is 9.15. The molecule has 5 nitrogen and oxygen atoms in total. The van der Waals surface area contributed by atoms with Crippen molar-refractivity contribution in [3.63, 3.8) is 0 Å². The van der Waals surface area contributed by atoms with Gasteiger partial charge in [-0.05, 0) is 24.8 Å². The molecule has 2 aromatic rings. The fourth-order valence-corrected chi connectivity index (χ4v) is 3.04. The van der Waals surface area contributed by atoms with Gasteiger partial charge in [0, 0.05) is 11.1 Å². The van der Waals surface area contributed by atoms with Crippen LogP contribution in [-0.4, -0.2) is 11.9 Å². The monoisotopic (exact) mass is 354 g/mol. The first-order chi connectivity index (χ1) is 12.4. The number of amides is 3. The Kier molecular flexibility index (Phi) is 6.92. The summed E-state index contributed by atoms with van der Waals surface area (Å²) in [4.78, 5) is 23.6. The number of carbonyl (C=O) groups is 2. The van der Waals surface area contributed by atoms with Crippen LogP contribution in [0.2, 0.25) is 0 Å². The van der Waals surface area contributed by atoms with Gasteiger partial charge in [0.05, 0.1) is 0 Å². The first-order valence-corrected chi connectivity index (χ1v) is 8.96. The highest BCUT2D eigenvalue weighted by Crippen LogP contribution is 2.16. The van der Waals surface area contributed by atoms with Crippen LogP contribution in [0.5, 0.6) is 0 Å². The van der Waals surface area contributed by atoms with Crippen LogP contribution in [0.1, 0.15) is 49.5 Å². The Bertz CT molecular complexity index is 727. The van der Waals surface area contributed by atoms with Crippen LogP contribution in [0.3, 0.4) is 0 Å². The van der Waals surface area contributed by atoms with E-state index >= 15 is 0 Å². The Morgan fingerprint density at radius 2 is 1.58 bits per heavy atom. The van der Waals surface area contributed by atoms with Crippen LogP contribution < -0.4 is 16.4 Å². The topological polar surface area (TPSA) is 88.8 Å². The van der Waals surface area contributed by atoms with Crippen molar-refractivity contribution < 1.29 is 14.9 Å². The number of urea groups is 1. The molecule has 0 aliphatic rings. The quantitative estimate of drug-likeness (QED) is 0.713. The Morgan fingerprint density at radius 1 is 0.962 bits per heavy atom. The summed E-state index contributed by atoms with van der Waals surface area (Å²) in [5.41, 5.74) is 8.39. The normalized spacial score (nSPS) is 13.2. The third-order valence-corrected chi connectivity index (χ3v) is 4.32. The lowest BCUT2D eigenvalue weighted by Gasteiger charge is -2.20. The number of carbonyl (C=O) groups excluding carboxylic acids is 2. The summed E-state index contributed by atoms with van der Waals surface area (Å²) in [6, 6.07) is 16.5. The van der Waals surface area contributed by atoms with Crippen molar-refractivity contribution >= 4 is 11.9 Å². The maximum atomic E-state index is 12.5. The van der Waals surface area contributed by atoms with Gasteiger partial charge in [0.25, 0.3) is 5.91 Å². The zero-order valence-corrected chi connectivity index (χ0v) is 15.6. The molecule has 0 aliphatic heterocycles. The number of benzene rings is 2. The van der Waals surface area contributed by atoms with E-state index in [0.717, 1.165) is 17.5 Å². The predicted molar refractivity (Wildman–Crippen MR) is 102 cm³/mol. The van der Waals surface area contributed by atoms with Crippen LogP contribution in [0.4, 0.5) is 4.79 Å². The average molecular weight is 354 g/mol. The Labute approximate surface area is 155 Å². The van der Waals surface area contributed by atoms with E-state index in [1.807, 2.05) is 42.6 Å². The van der Waals surface area contributed by atoms with Crippen LogP contribution in [0, 0.1) is 5.92 Å². The number of imide groups is 1. The Hall–Kier alpha value is -2.66. The zero-order chi connectivity index (χ0) is 19.1. The van der Waals surface area contributed by atoms with Crippen LogP contribution >= 0.6 is 0 Å². The van der Waals surface area contributed by atoms with Gasteiger partial charge in [-0.1, -0.05) is 68.4 Å². The number of hydrogen-bond acceptors (Lipinski definition) is 2. The second-order valence-electron chi connectivity index (χ2n) is 7.06. The molecule has 0 heterocycles. The fourth-order valence-electron chi connectivity index (χ4n) is 3.04. The van der Waals surface area contributed by atoms with E-state index < -0.39 is 18.0 Å². The molecule has 138 valence electrons. The number of rotatable bonds is 7.